The van der Waals surface area contributed by atoms with Crippen LogP contribution < -0.4 is 10.6 Å². The van der Waals surface area contributed by atoms with E-state index >= 15 is 0 Å². The maximum atomic E-state index is 13.0. The van der Waals surface area contributed by atoms with Crippen molar-refractivity contribution in [3.63, 3.8) is 0 Å². The van der Waals surface area contributed by atoms with Gasteiger partial charge in [0.1, 0.15) is 18.4 Å². The Morgan fingerprint density at radius 2 is 1.53 bits per heavy atom. The van der Waals surface area contributed by atoms with E-state index in [1.165, 1.54) is 6.92 Å². The molecule has 0 aliphatic rings. The fourth-order valence-corrected chi connectivity index (χ4v) is 4.46. The van der Waals surface area contributed by atoms with Crippen LogP contribution in [-0.2, 0) is 31.9 Å². The molecule has 0 saturated carbocycles. The molecule has 4 N–H and O–H groups in total. The number of hydrogen-bond donors (Lipinski definition) is 4. The fraction of sp³-hybridized carbons (Fsp3) is 0.318. The smallest absolute Gasteiger partial charge is 0.408 e. The highest BCUT2D eigenvalue weighted by Gasteiger charge is 2.33. The fourth-order valence-electron chi connectivity index (χ4n) is 2.83. The van der Waals surface area contributed by atoms with Gasteiger partial charge in [0.2, 0.25) is 13.3 Å². The first kappa shape index (κ1) is 25.1. The van der Waals surface area contributed by atoms with Crippen LogP contribution in [0.5, 0.6) is 0 Å². The second kappa shape index (κ2) is 12.0. The molecule has 3 unspecified atom stereocenters. The monoisotopic (exact) mass is 462 g/mol. The zero-order valence-corrected chi connectivity index (χ0v) is 18.5. The predicted octanol–water partition coefficient (Wildman–Crippen LogP) is 2.73. The molecule has 2 aromatic rings. The van der Waals surface area contributed by atoms with Crippen molar-refractivity contribution >= 4 is 25.3 Å². The molecule has 0 radical (unpaired) electrons. The molecule has 2 amide bonds. The van der Waals surface area contributed by atoms with Crippen molar-refractivity contribution in [1.29, 1.82) is 0 Å². The summed E-state index contributed by atoms with van der Waals surface area (Å²) in [5, 5.41) is 13.6. The van der Waals surface area contributed by atoms with Crippen molar-refractivity contribution in [2.24, 2.45) is 0 Å². The van der Waals surface area contributed by atoms with Crippen LogP contribution in [0.15, 0.2) is 60.7 Å². The zero-order valence-electron chi connectivity index (χ0n) is 17.6. The molecule has 0 spiro atoms. The minimum Gasteiger partial charge on any atom is -0.480 e. The first-order chi connectivity index (χ1) is 15.2. The van der Waals surface area contributed by atoms with E-state index in [0.717, 1.165) is 11.1 Å². The third-order valence-electron chi connectivity index (χ3n) is 4.66. The molecule has 0 fully saturated rings. The van der Waals surface area contributed by atoms with Crippen molar-refractivity contribution in [2.45, 2.75) is 38.2 Å². The number of carbonyl (C=O) groups excluding carboxylic acids is 2. The second-order valence-corrected chi connectivity index (χ2v) is 9.85. The first-order valence-electron chi connectivity index (χ1n) is 10.0. The molecule has 0 aliphatic heterocycles. The molecule has 9 nitrogen and oxygen atoms in total. The largest absolute Gasteiger partial charge is 0.480 e. The zero-order chi connectivity index (χ0) is 23.6. The van der Waals surface area contributed by atoms with Crippen molar-refractivity contribution in [3.05, 3.63) is 71.8 Å². The van der Waals surface area contributed by atoms with E-state index in [1.807, 2.05) is 6.07 Å². The highest BCUT2D eigenvalue weighted by Crippen LogP contribution is 2.47. The van der Waals surface area contributed by atoms with E-state index in [0.29, 0.717) is 0 Å². The summed E-state index contributed by atoms with van der Waals surface area (Å²) < 4.78 is 18.2. The lowest BCUT2D eigenvalue weighted by Crippen LogP contribution is -2.40. The number of nitrogens with one attached hydrogen (secondary N) is 2. The highest BCUT2D eigenvalue weighted by atomic mass is 31.2. The Labute approximate surface area is 186 Å². The van der Waals surface area contributed by atoms with Crippen LogP contribution in [0.4, 0.5) is 4.79 Å². The molecule has 0 aromatic heterocycles. The number of benzene rings is 2. The normalized spacial score (nSPS) is 14.4. The van der Waals surface area contributed by atoms with E-state index < -0.39 is 43.3 Å². The summed E-state index contributed by atoms with van der Waals surface area (Å²) in [5.41, 5.74) is 1.48. The summed E-state index contributed by atoms with van der Waals surface area (Å²) in [6.45, 7) is 1.29. The van der Waals surface area contributed by atoms with Gasteiger partial charge in [0.15, 0.2) is 0 Å². The maximum Gasteiger partial charge on any atom is 0.408 e. The van der Waals surface area contributed by atoms with Crippen molar-refractivity contribution in [1.82, 2.24) is 10.6 Å². The van der Waals surface area contributed by atoms with Crippen LogP contribution >= 0.6 is 7.37 Å². The number of aliphatic carboxylic acids is 1. The molecule has 3 atom stereocenters. The Balaban J connectivity index is 2.03. The summed E-state index contributed by atoms with van der Waals surface area (Å²) in [4.78, 5) is 45.8. The maximum absolute atomic E-state index is 13.0. The summed E-state index contributed by atoms with van der Waals surface area (Å²) in [6, 6.07) is 16.7. The Morgan fingerprint density at radius 3 is 2.09 bits per heavy atom. The minimum absolute atomic E-state index is 0.00402. The van der Waals surface area contributed by atoms with Gasteiger partial charge in [-0.25, -0.2) is 4.79 Å². The molecule has 0 bridgehead atoms. The third kappa shape index (κ3) is 8.53. The molecular formula is C22H27N2O7P. The van der Waals surface area contributed by atoms with Crippen LogP contribution in [0, 0.1) is 0 Å². The molecule has 0 aliphatic carbocycles. The van der Waals surface area contributed by atoms with Crippen LogP contribution in [0.25, 0.3) is 0 Å². The van der Waals surface area contributed by atoms with Gasteiger partial charge in [0.05, 0.1) is 0 Å². The summed E-state index contributed by atoms with van der Waals surface area (Å²) in [7, 11) is -4.06. The topological polar surface area (TPSA) is 142 Å². The van der Waals surface area contributed by atoms with Crippen LogP contribution in [0.1, 0.15) is 24.5 Å². The van der Waals surface area contributed by atoms with Gasteiger partial charge >= 0.3 is 12.1 Å². The number of carboxylic acid groups (broad SMARTS) is 1. The first-order valence-corrected chi connectivity index (χ1v) is 11.9. The Bertz CT molecular complexity index is 953. The summed E-state index contributed by atoms with van der Waals surface area (Å²) in [5.74, 6) is -3.06. The van der Waals surface area contributed by atoms with Gasteiger partial charge in [0.25, 0.3) is 0 Å². The van der Waals surface area contributed by atoms with Gasteiger partial charge < -0.3 is 25.4 Å². The van der Waals surface area contributed by atoms with Crippen molar-refractivity contribution in [2.75, 3.05) is 6.16 Å². The molecule has 0 saturated heterocycles. The third-order valence-corrected chi connectivity index (χ3v) is 6.81. The lowest BCUT2D eigenvalue weighted by molar-refractivity contribution is -0.141. The number of alkyl carbamates (subject to hydrolysis) is 1. The Hall–Kier alpha value is -3.16. The summed E-state index contributed by atoms with van der Waals surface area (Å²) in [6.07, 6.45) is -1.59. The van der Waals surface area contributed by atoms with Gasteiger partial charge in [-0.15, -0.1) is 0 Å². The van der Waals surface area contributed by atoms with E-state index in [4.69, 9.17) is 9.84 Å². The van der Waals surface area contributed by atoms with Crippen molar-refractivity contribution < 1.29 is 33.7 Å². The van der Waals surface area contributed by atoms with Gasteiger partial charge in [-0.1, -0.05) is 60.7 Å². The molecule has 0 heterocycles. The lowest BCUT2D eigenvalue weighted by Gasteiger charge is -2.24. The predicted molar refractivity (Wildman–Crippen MR) is 118 cm³/mol. The average Bonchev–Trinajstić information content (AvgIpc) is 2.77. The van der Waals surface area contributed by atoms with Crippen LogP contribution in [-0.4, -0.2) is 46.0 Å². The molecule has 2 rings (SSSR count). The standard InChI is InChI=1S/C22H27N2O7P/c1-16(21(26)27)23-19(25)12-13-32(29,30)20(14-17-8-4-2-5-9-17)24-22(28)31-15-18-10-6-3-7-11-18/h2-11,16,20H,12-15H2,1H3,(H,23,25)(H,24,28)(H,26,27)(H,29,30). The van der Waals surface area contributed by atoms with E-state index in [1.54, 1.807) is 54.6 Å². The minimum atomic E-state index is -4.06. The highest BCUT2D eigenvalue weighted by molar-refractivity contribution is 7.58. The number of hydrogen-bond acceptors (Lipinski definition) is 5. The van der Waals surface area contributed by atoms with Gasteiger partial charge in [-0.3, -0.25) is 14.2 Å². The molecule has 172 valence electrons. The average molecular weight is 462 g/mol. The molecular weight excluding hydrogens is 435 g/mol. The SMILES string of the molecule is CC(NC(=O)CCP(=O)(O)C(Cc1ccccc1)NC(=O)OCc1ccccc1)C(=O)O. The van der Waals surface area contributed by atoms with Gasteiger partial charge in [0, 0.05) is 19.0 Å². The Kier molecular flexibility index (Phi) is 9.43. The van der Waals surface area contributed by atoms with Gasteiger partial charge in [-0.05, 0) is 18.1 Å². The van der Waals surface area contributed by atoms with Crippen molar-refractivity contribution in [3.8, 4) is 0 Å². The van der Waals surface area contributed by atoms with E-state index in [-0.39, 0.29) is 19.4 Å². The number of rotatable bonds is 11. The summed E-state index contributed by atoms with van der Waals surface area (Å²) >= 11 is 0. The molecule has 2 aromatic carbocycles. The van der Waals surface area contributed by atoms with E-state index in [2.05, 4.69) is 10.6 Å². The number of amides is 2. The molecule has 32 heavy (non-hydrogen) atoms. The van der Waals surface area contributed by atoms with E-state index in [9.17, 15) is 23.8 Å². The number of ether oxygens (including phenoxy) is 1. The van der Waals surface area contributed by atoms with Crippen LogP contribution in [0.3, 0.4) is 0 Å². The number of carbonyl (C=O) groups is 3. The lowest BCUT2D eigenvalue weighted by atomic mass is 10.1. The Morgan fingerprint density at radius 1 is 0.969 bits per heavy atom. The van der Waals surface area contributed by atoms with Gasteiger partial charge in [-0.2, -0.15) is 0 Å². The number of carboxylic acids is 1. The quantitative estimate of drug-likeness (QED) is 0.376. The molecule has 10 heteroatoms. The second-order valence-electron chi connectivity index (χ2n) is 7.27. The van der Waals surface area contributed by atoms with Crippen LogP contribution in [0.2, 0.25) is 0 Å².